The number of rotatable bonds is 14. The van der Waals surface area contributed by atoms with Gasteiger partial charge in [-0.15, -0.1) is 0 Å². The number of carboxylic acids is 1. The number of aromatic nitrogens is 2. The number of thioether (sulfide) groups is 1. The normalized spacial score (nSPS) is 17.9. The summed E-state index contributed by atoms with van der Waals surface area (Å²) >= 11 is 1.44. The number of carboxylic acid groups (broad SMARTS) is 1. The number of imidazole rings is 1. The highest BCUT2D eigenvalue weighted by Crippen LogP contribution is 2.07. The van der Waals surface area contributed by atoms with Gasteiger partial charge in [0.1, 0.15) is 18.1 Å². The van der Waals surface area contributed by atoms with Crippen LogP contribution in [-0.4, -0.2) is 87.4 Å². The topological polar surface area (TPSA) is 208 Å². The maximum atomic E-state index is 13.0. The lowest BCUT2D eigenvalue weighted by atomic mass is 10.1. The van der Waals surface area contributed by atoms with Crippen molar-refractivity contribution in [2.24, 2.45) is 5.73 Å². The molecule has 2 heterocycles. The van der Waals surface area contributed by atoms with E-state index in [1.54, 1.807) is 0 Å². The fraction of sp³-hybridized carbons (Fsp3) is 0.600. The quantitative estimate of drug-likeness (QED) is 0.149. The molecule has 1 aromatic rings. The van der Waals surface area contributed by atoms with Gasteiger partial charge < -0.3 is 37.1 Å². The number of nitrogens with zero attached hydrogens (tertiary/aromatic N) is 1. The van der Waals surface area contributed by atoms with Crippen LogP contribution >= 0.6 is 11.8 Å². The molecule has 188 valence electrons. The molecule has 1 aliphatic rings. The van der Waals surface area contributed by atoms with Crippen LogP contribution in [0.1, 0.15) is 31.4 Å². The summed E-state index contributed by atoms with van der Waals surface area (Å²) in [7, 11) is 0. The molecule has 1 aliphatic heterocycles. The molecule has 4 amide bonds. The summed E-state index contributed by atoms with van der Waals surface area (Å²) in [5, 5.41) is 19.9. The van der Waals surface area contributed by atoms with Crippen LogP contribution in [0.3, 0.4) is 0 Å². The highest BCUT2D eigenvalue weighted by Gasteiger charge is 2.32. The Kier molecular flexibility index (Phi) is 10.8. The molecule has 1 fully saturated rings. The van der Waals surface area contributed by atoms with Gasteiger partial charge in [0.25, 0.3) is 0 Å². The van der Waals surface area contributed by atoms with Gasteiger partial charge in [0.05, 0.1) is 18.8 Å². The van der Waals surface area contributed by atoms with E-state index in [-0.39, 0.29) is 12.8 Å². The number of H-pyrrole nitrogens is 1. The minimum Gasteiger partial charge on any atom is -0.480 e. The molecule has 0 radical (unpaired) electrons. The van der Waals surface area contributed by atoms with Crippen LogP contribution in [0, 0.1) is 0 Å². The third-order valence-electron chi connectivity index (χ3n) is 5.25. The van der Waals surface area contributed by atoms with Crippen molar-refractivity contribution in [3.8, 4) is 0 Å². The van der Waals surface area contributed by atoms with Gasteiger partial charge in [0, 0.05) is 18.3 Å². The number of nitrogens with two attached hydrogens (primary N) is 1. The summed E-state index contributed by atoms with van der Waals surface area (Å²) in [6.07, 6.45) is 5.78. The third kappa shape index (κ3) is 8.67. The van der Waals surface area contributed by atoms with Gasteiger partial charge in [-0.2, -0.15) is 11.8 Å². The van der Waals surface area contributed by atoms with Crippen molar-refractivity contribution in [3.63, 3.8) is 0 Å². The number of primary amides is 1. The van der Waals surface area contributed by atoms with E-state index >= 15 is 0 Å². The van der Waals surface area contributed by atoms with E-state index in [0.29, 0.717) is 24.4 Å². The maximum Gasteiger partial charge on any atom is 0.326 e. The zero-order valence-corrected chi connectivity index (χ0v) is 19.7. The number of hydrogen-bond donors (Lipinski definition) is 7. The molecule has 1 saturated heterocycles. The molecule has 0 saturated carbocycles. The number of carbonyl (C=O) groups excluding carboxylic acids is 4. The van der Waals surface area contributed by atoms with E-state index in [4.69, 9.17) is 5.73 Å². The van der Waals surface area contributed by atoms with Gasteiger partial charge in [-0.1, -0.05) is 0 Å². The van der Waals surface area contributed by atoms with Crippen LogP contribution < -0.4 is 27.0 Å². The first kappa shape index (κ1) is 27.1. The highest BCUT2D eigenvalue weighted by atomic mass is 32.2. The number of amides is 4. The first-order valence-corrected chi connectivity index (χ1v) is 12.2. The molecule has 0 aliphatic carbocycles. The molecule has 4 unspecified atom stereocenters. The largest absolute Gasteiger partial charge is 0.480 e. The number of aromatic amines is 1. The summed E-state index contributed by atoms with van der Waals surface area (Å²) in [6, 6.07) is -4.12. The average Bonchev–Trinajstić information content (AvgIpc) is 3.49. The lowest BCUT2D eigenvalue weighted by molar-refractivity contribution is -0.142. The van der Waals surface area contributed by atoms with Gasteiger partial charge in [0.2, 0.25) is 23.6 Å². The molecule has 1 aromatic heterocycles. The van der Waals surface area contributed by atoms with Gasteiger partial charge in [-0.25, -0.2) is 9.78 Å². The molecule has 34 heavy (non-hydrogen) atoms. The fourth-order valence-corrected chi connectivity index (χ4v) is 3.93. The smallest absolute Gasteiger partial charge is 0.326 e. The van der Waals surface area contributed by atoms with E-state index < -0.39 is 60.2 Å². The molecule has 0 aromatic carbocycles. The Balaban J connectivity index is 2.14. The minimum absolute atomic E-state index is 0.0200. The van der Waals surface area contributed by atoms with E-state index in [1.807, 2.05) is 6.26 Å². The van der Waals surface area contributed by atoms with Crippen molar-refractivity contribution in [1.82, 2.24) is 31.2 Å². The van der Waals surface area contributed by atoms with Crippen LogP contribution in [0.25, 0.3) is 0 Å². The van der Waals surface area contributed by atoms with Crippen LogP contribution in [0.15, 0.2) is 12.5 Å². The SMILES string of the molecule is CSCCC(NC(=O)C(Cc1cnc[nH]1)NC(=O)C(CC(N)=O)NC(=O)C1CCCN1)C(=O)O. The molecular weight excluding hydrogens is 466 g/mol. The van der Waals surface area contributed by atoms with Crippen LogP contribution in [0.4, 0.5) is 0 Å². The van der Waals surface area contributed by atoms with Crippen LogP contribution in [0.2, 0.25) is 0 Å². The van der Waals surface area contributed by atoms with E-state index in [9.17, 15) is 29.1 Å². The number of nitrogens with one attached hydrogen (secondary N) is 5. The Labute approximate surface area is 200 Å². The number of carbonyl (C=O) groups is 5. The molecule has 8 N–H and O–H groups in total. The molecule has 0 bridgehead atoms. The highest BCUT2D eigenvalue weighted by molar-refractivity contribution is 7.98. The average molecular weight is 498 g/mol. The lowest BCUT2D eigenvalue weighted by Crippen LogP contribution is -2.58. The standard InChI is InChI=1S/C20H31N7O6S/c1-34-6-4-13(20(32)33)25-18(30)14(7-11-9-22-10-24-11)26-19(31)15(8-16(21)28)27-17(29)12-3-2-5-23-12/h9-10,12-15,23H,2-8H2,1H3,(H2,21,28)(H,22,24)(H,25,30)(H,26,31)(H,27,29)(H,32,33). The van der Waals surface area contributed by atoms with E-state index in [0.717, 1.165) is 6.42 Å². The summed E-state index contributed by atoms with van der Waals surface area (Å²) < 4.78 is 0. The monoisotopic (exact) mass is 497 g/mol. The maximum absolute atomic E-state index is 13.0. The van der Waals surface area contributed by atoms with Gasteiger partial charge in [-0.05, 0) is 37.8 Å². The second-order valence-corrected chi connectivity index (χ2v) is 8.89. The minimum atomic E-state index is -1.30. The molecule has 13 nitrogen and oxygen atoms in total. The summed E-state index contributed by atoms with van der Waals surface area (Å²) in [4.78, 5) is 68.2. The van der Waals surface area contributed by atoms with Gasteiger partial charge >= 0.3 is 5.97 Å². The predicted octanol–water partition coefficient (Wildman–Crippen LogP) is -2.13. The van der Waals surface area contributed by atoms with Crippen LogP contribution in [-0.2, 0) is 30.4 Å². The second kappa shape index (κ2) is 13.5. The molecule has 4 atom stereocenters. The van der Waals surface area contributed by atoms with Crippen molar-refractivity contribution in [2.75, 3.05) is 18.6 Å². The second-order valence-electron chi connectivity index (χ2n) is 7.90. The summed E-state index contributed by atoms with van der Waals surface area (Å²) in [5.74, 6) is -3.46. The lowest BCUT2D eigenvalue weighted by Gasteiger charge is -2.24. The first-order chi connectivity index (χ1) is 16.2. The van der Waals surface area contributed by atoms with Crippen molar-refractivity contribution in [1.29, 1.82) is 0 Å². The van der Waals surface area contributed by atoms with Crippen LogP contribution in [0.5, 0.6) is 0 Å². The fourth-order valence-electron chi connectivity index (χ4n) is 3.45. The first-order valence-electron chi connectivity index (χ1n) is 10.8. The Morgan fingerprint density at radius 2 is 1.88 bits per heavy atom. The van der Waals surface area contributed by atoms with Gasteiger partial charge in [0.15, 0.2) is 0 Å². The van der Waals surface area contributed by atoms with E-state index in [1.165, 1.54) is 24.3 Å². The van der Waals surface area contributed by atoms with Crippen molar-refractivity contribution in [3.05, 3.63) is 18.2 Å². The third-order valence-corrected chi connectivity index (χ3v) is 5.90. The molecule has 2 rings (SSSR count). The number of aliphatic carboxylic acids is 1. The Hall–Kier alpha value is -3.13. The Morgan fingerprint density at radius 1 is 1.18 bits per heavy atom. The zero-order valence-electron chi connectivity index (χ0n) is 18.8. The zero-order chi connectivity index (χ0) is 25.1. The Morgan fingerprint density at radius 3 is 2.44 bits per heavy atom. The summed E-state index contributed by atoms with van der Waals surface area (Å²) in [5.41, 5.74) is 5.78. The molecule has 0 spiro atoms. The molecular formula is C20H31N7O6S. The summed E-state index contributed by atoms with van der Waals surface area (Å²) in [6.45, 7) is 0.665. The molecule has 14 heteroatoms. The predicted molar refractivity (Wildman–Crippen MR) is 124 cm³/mol. The van der Waals surface area contributed by atoms with E-state index in [2.05, 4.69) is 31.2 Å². The van der Waals surface area contributed by atoms with Gasteiger partial charge in [-0.3, -0.25) is 19.2 Å². The van der Waals surface area contributed by atoms with Crippen molar-refractivity contribution >= 4 is 41.4 Å². The number of hydrogen-bond acceptors (Lipinski definition) is 8. The van der Waals surface area contributed by atoms with Crippen molar-refractivity contribution in [2.45, 2.75) is 56.3 Å². The van der Waals surface area contributed by atoms with Crippen molar-refractivity contribution < 1.29 is 29.1 Å². The Bertz CT molecular complexity index is 860.